The van der Waals surface area contributed by atoms with Gasteiger partial charge in [-0.3, -0.25) is 19.9 Å². The first-order valence-corrected chi connectivity index (χ1v) is 9.65. The summed E-state index contributed by atoms with van der Waals surface area (Å²) in [5, 5.41) is 17.6. The molecule has 0 bridgehead atoms. The summed E-state index contributed by atoms with van der Waals surface area (Å²) in [6.07, 6.45) is 2.42. The molecular formula is C22H21N5O3. The maximum atomic E-state index is 12.8. The Hall–Kier alpha value is -3.81. The minimum Gasteiger partial charge on any atom is -0.358 e. The molecule has 1 amide bonds. The summed E-state index contributed by atoms with van der Waals surface area (Å²) in [5.74, 6) is -0.738. The number of nitro groups is 1. The Morgan fingerprint density at radius 1 is 1.20 bits per heavy atom. The normalized spacial score (nSPS) is 16.6. The van der Waals surface area contributed by atoms with Crippen LogP contribution in [0.25, 0.3) is 10.9 Å². The summed E-state index contributed by atoms with van der Waals surface area (Å²) in [6, 6.07) is 13.9. The van der Waals surface area contributed by atoms with Crippen LogP contribution < -0.4 is 5.01 Å². The maximum absolute atomic E-state index is 12.8. The second-order valence-corrected chi connectivity index (χ2v) is 7.22. The number of aromatic amines is 1. The predicted molar refractivity (Wildman–Crippen MR) is 117 cm³/mol. The van der Waals surface area contributed by atoms with Crippen molar-refractivity contribution in [3.8, 4) is 0 Å². The molecule has 1 unspecified atom stereocenters. The molecule has 0 aliphatic carbocycles. The van der Waals surface area contributed by atoms with Crippen LogP contribution in [0.4, 0.5) is 11.4 Å². The maximum Gasteiger partial charge on any atom is 0.269 e. The van der Waals surface area contributed by atoms with Crippen LogP contribution >= 0.6 is 0 Å². The van der Waals surface area contributed by atoms with E-state index in [1.54, 1.807) is 13.1 Å². The van der Waals surface area contributed by atoms with Gasteiger partial charge in [-0.2, -0.15) is 10.1 Å². The lowest BCUT2D eigenvalue weighted by atomic mass is 10.1. The van der Waals surface area contributed by atoms with Crippen LogP contribution in [0.1, 0.15) is 18.2 Å². The van der Waals surface area contributed by atoms with Crippen LogP contribution in [0, 0.1) is 23.0 Å². The van der Waals surface area contributed by atoms with Gasteiger partial charge in [0.25, 0.3) is 11.6 Å². The number of aryl methyl sites for hydroxylation is 1. The molecule has 4 rings (SSSR count). The Kier molecular flexibility index (Phi) is 5.14. The van der Waals surface area contributed by atoms with E-state index in [1.807, 2.05) is 12.1 Å². The van der Waals surface area contributed by atoms with E-state index in [0.29, 0.717) is 17.9 Å². The number of nitrogens with zero attached hydrogens (tertiary/aromatic N) is 4. The Balaban J connectivity index is 1.43. The molecule has 1 aliphatic heterocycles. The minimum atomic E-state index is -0.524. The van der Waals surface area contributed by atoms with E-state index < -0.39 is 10.8 Å². The Labute approximate surface area is 173 Å². The number of hydrogen-bond donors (Lipinski definition) is 1. The summed E-state index contributed by atoms with van der Waals surface area (Å²) in [7, 11) is 0. The summed E-state index contributed by atoms with van der Waals surface area (Å²) in [4.78, 5) is 31.0. The van der Waals surface area contributed by atoms with Crippen molar-refractivity contribution in [2.24, 2.45) is 16.0 Å². The Morgan fingerprint density at radius 3 is 2.67 bits per heavy atom. The molecule has 0 fully saturated rings. The first kappa shape index (κ1) is 19.5. The van der Waals surface area contributed by atoms with E-state index in [1.165, 1.54) is 40.2 Å². The van der Waals surface area contributed by atoms with Gasteiger partial charge in [0.1, 0.15) is 5.92 Å². The highest BCUT2D eigenvalue weighted by molar-refractivity contribution is 6.23. The van der Waals surface area contributed by atoms with Crippen LogP contribution in [0.3, 0.4) is 0 Å². The first-order valence-electron chi connectivity index (χ1n) is 9.65. The van der Waals surface area contributed by atoms with Crippen molar-refractivity contribution in [3.63, 3.8) is 0 Å². The van der Waals surface area contributed by atoms with E-state index in [-0.39, 0.29) is 11.6 Å². The number of rotatable bonds is 6. The van der Waals surface area contributed by atoms with E-state index in [0.717, 1.165) is 17.6 Å². The molecule has 2 aromatic carbocycles. The van der Waals surface area contributed by atoms with Crippen LogP contribution in [0.2, 0.25) is 0 Å². The van der Waals surface area contributed by atoms with Gasteiger partial charge in [0.05, 0.1) is 16.3 Å². The van der Waals surface area contributed by atoms with E-state index in [4.69, 9.17) is 0 Å². The molecule has 8 nitrogen and oxygen atoms in total. The lowest BCUT2D eigenvalue weighted by Gasteiger charge is -2.12. The fraction of sp³-hybridized carbons (Fsp3) is 0.227. The number of H-pyrrole nitrogens is 1. The van der Waals surface area contributed by atoms with Gasteiger partial charge in [-0.05, 0) is 44.0 Å². The third kappa shape index (κ3) is 3.59. The number of aliphatic imine (C=N–C) groups is 1. The van der Waals surface area contributed by atoms with Crippen molar-refractivity contribution in [2.45, 2.75) is 20.3 Å². The van der Waals surface area contributed by atoms with Gasteiger partial charge in [-0.15, -0.1) is 0 Å². The zero-order valence-corrected chi connectivity index (χ0v) is 16.7. The van der Waals surface area contributed by atoms with Gasteiger partial charge in [-0.1, -0.05) is 18.2 Å². The highest BCUT2D eigenvalue weighted by atomic mass is 16.6. The molecule has 0 saturated carbocycles. The highest BCUT2D eigenvalue weighted by Gasteiger charge is 2.33. The van der Waals surface area contributed by atoms with Crippen LogP contribution in [-0.4, -0.2) is 34.3 Å². The molecule has 1 aliphatic rings. The molecule has 0 saturated heterocycles. The number of carbonyl (C=O) groups is 1. The van der Waals surface area contributed by atoms with Gasteiger partial charge in [0, 0.05) is 41.5 Å². The Bertz CT molecular complexity index is 1180. The SMILES string of the molecule is CC1=NN(c2ccc([N+](=O)[O-])cc2)C(=O)C1C=NCCc1c(C)[nH]c2ccccc12. The molecule has 30 heavy (non-hydrogen) atoms. The number of para-hydroxylation sites is 1. The topological polar surface area (TPSA) is 104 Å². The molecule has 3 aromatic rings. The third-order valence-electron chi connectivity index (χ3n) is 5.26. The number of amides is 1. The van der Waals surface area contributed by atoms with Crippen molar-refractivity contribution in [1.29, 1.82) is 0 Å². The number of nitro benzene ring substituents is 1. The van der Waals surface area contributed by atoms with E-state index in [2.05, 4.69) is 34.1 Å². The summed E-state index contributed by atoms with van der Waals surface area (Å²) < 4.78 is 0. The molecule has 0 radical (unpaired) electrons. The van der Waals surface area contributed by atoms with Crippen molar-refractivity contribution < 1.29 is 9.72 Å². The zero-order valence-electron chi connectivity index (χ0n) is 16.7. The number of carbonyl (C=O) groups excluding carboxylic acids is 1. The third-order valence-corrected chi connectivity index (χ3v) is 5.26. The number of anilines is 1. The number of benzene rings is 2. The first-order chi connectivity index (χ1) is 14.5. The van der Waals surface area contributed by atoms with Gasteiger partial charge >= 0.3 is 0 Å². The quantitative estimate of drug-likeness (QED) is 0.381. The molecule has 1 aromatic heterocycles. The molecule has 8 heteroatoms. The molecule has 1 atom stereocenters. The van der Waals surface area contributed by atoms with E-state index in [9.17, 15) is 14.9 Å². The Morgan fingerprint density at radius 2 is 1.93 bits per heavy atom. The number of aromatic nitrogens is 1. The molecule has 0 spiro atoms. The van der Waals surface area contributed by atoms with Crippen LogP contribution in [0.15, 0.2) is 58.6 Å². The predicted octanol–water partition coefficient (Wildman–Crippen LogP) is 4.04. The lowest BCUT2D eigenvalue weighted by Crippen LogP contribution is -2.28. The number of nitrogens with one attached hydrogen (secondary N) is 1. The van der Waals surface area contributed by atoms with Crippen molar-refractivity contribution in [3.05, 3.63) is 69.9 Å². The summed E-state index contributed by atoms with van der Waals surface area (Å²) in [5.41, 5.74) is 4.59. The highest BCUT2D eigenvalue weighted by Crippen LogP contribution is 2.26. The largest absolute Gasteiger partial charge is 0.358 e. The smallest absolute Gasteiger partial charge is 0.269 e. The second-order valence-electron chi connectivity index (χ2n) is 7.22. The number of hydrazone groups is 1. The molecular weight excluding hydrogens is 382 g/mol. The molecule has 152 valence electrons. The minimum absolute atomic E-state index is 0.0308. The van der Waals surface area contributed by atoms with Crippen LogP contribution in [-0.2, 0) is 11.2 Å². The second kappa shape index (κ2) is 7.90. The zero-order chi connectivity index (χ0) is 21.3. The monoisotopic (exact) mass is 403 g/mol. The fourth-order valence-corrected chi connectivity index (χ4v) is 3.67. The average Bonchev–Trinajstić information content (AvgIpc) is 3.21. The standard InChI is InChI=1S/C22H21N5O3/c1-14-18(19-5-3-4-6-21(19)24-14)11-12-23-13-20-15(2)25-26(22(20)28)16-7-9-17(10-8-16)27(29)30/h3-10,13,20,24H,11-12H2,1-2H3. The number of hydrogen-bond acceptors (Lipinski definition) is 5. The van der Waals surface area contributed by atoms with E-state index >= 15 is 0 Å². The van der Waals surface area contributed by atoms with Crippen LogP contribution in [0.5, 0.6) is 0 Å². The average molecular weight is 403 g/mol. The lowest BCUT2D eigenvalue weighted by molar-refractivity contribution is -0.384. The van der Waals surface area contributed by atoms with Gasteiger partial charge in [-0.25, -0.2) is 0 Å². The van der Waals surface area contributed by atoms with Crippen molar-refractivity contribution >= 4 is 40.1 Å². The molecule has 2 heterocycles. The number of non-ortho nitro benzene ring substituents is 1. The molecule has 1 N–H and O–H groups in total. The summed E-state index contributed by atoms with van der Waals surface area (Å²) >= 11 is 0. The number of fused-ring (bicyclic) bond motifs is 1. The van der Waals surface area contributed by atoms with Crippen molar-refractivity contribution in [2.75, 3.05) is 11.6 Å². The van der Waals surface area contributed by atoms with Gasteiger partial charge in [0.2, 0.25) is 0 Å². The summed E-state index contributed by atoms with van der Waals surface area (Å²) in [6.45, 7) is 4.40. The fourth-order valence-electron chi connectivity index (χ4n) is 3.67. The van der Waals surface area contributed by atoms with Gasteiger partial charge in [0.15, 0.2) is 0 Å². The van der Waals surface area contributed by atoms with Crippen molar-refractivity contribution in [1.82, 2.24) is 4.98 Å². The van der Waals surface area contributed by atoms with Gasteiger partial charge < -0.3 is 4.98 Å².